The number of thiophene rings is 1. The zero-order valence-corrected chi connectivity index (χ0v) is 18.4. The van der Waals surface area contributed by atoms with E-state index in [1.165, 1.54) is 10.6 Å². The normalized spacial score (nSPS) is 20.5. The molecule has 1 atom stereocenters. The summed E-state index contributed by atoms with van der Waals surface area (Å²) in [5, 5.41) is 15.3. The summed E-state index contributed by atoms with van der Waals surface area (Å²) in [4.78, 5) is 18.6. The molecular weight excluding hydrogens is 394 g/mol. The van der Waals surface area contributed by atoms with Gasteiger partial charge in [0, 0.05) is 61.5 Å². The Morgan fingerprint density at radius 2 is 1.90 bits per heavy atom. The van der Waals surface area contributed by atoms with Crippen molar-refractivity contribution in [1.82, 2.24) is 10.2 Å². The van der Waals surface area contributed by atoms with Crippen molar-refractivity contribution < 1.29 is 9.90 Å². The summed E-state index contributed by atoms with van der Waals surface area (Å²) in [6, 6.07) is 13.0. The predicted octanol–water partition coefficient (Wildman–Crippen LogP) is 3.39. The standard InChI is InChI=1S/C24H33N3O2S/c28-18-19-3-1-13-27(17-19)24(29)20-5-7-22(8-6-20)26-14-10-21(11-15-26)25-12-9-23-4-2-16-30-23/h2,4-8,16,19,21,25,28H,1,3,9-15,17-18H2/t19-/m0/s1. The van der Waals surface area contributed by atoms with E-state index in [-0.39, 0.29) is 18.4 Å². The first-order valence-electron chi connectivity index (χ1n) is 11.2. The lowest BCUT2D eigenvalue weighted by Crippen LogP contribution is -2.43. The molecule has 30 heavy (non-hydrogen) atoms. The van der Waals surface area contributed by atoms with Crippen LogP contribution in [0.4, 0.5) is 5.69 Å². The molecule has 2 aromatic rings. The van der Waals surface area contributed by atoms with Crippen LogP contribution in [-0.4, -0.2) is 61.3 Å². The Balaban J connectivity index is 1.24. The van der Waals surface area contributed by atoms with Crippen molar-refractivity contribution in [3.05, 3.63) is 52.2 Å². The Hall–Kier alpha value is -1.89. The molecule has 2 aliphatic rings. The second-order valence-electron chi connectivity index (χ2n) is 8.53. The molecule has 0 saturated carbocycles. The summed E-state index contributed by atoms with van der Waals surface area (Å²) >= 11 is 1.83. The third-order valence-electron chi connectivity index (χ3n) is 6.42. The number of likely N-dealkylation sites (tertiary alicyclic amines) is 1. The minimum absolute atomic E-state index is 0.0911. The van der Waals surface area contributed by atoms with Crippen LogP contribution in [0.15, 0.2) is 41.8 Å². The zero-order valence-electron chi connectivity index (χ0n) is 17.6. The number of carbonyl (C=O) groups excluding carboxylic acids is 1. The molecule has 162 valence electrons. The summed E-state index contributed by atoms with van der Waals surface area (Å²) in [6.45, 7) is 4.79. The number of amides is 1. The van der Waals surface area contributed by atoms with E-state index in [1.54, 1.807) is 0 Å². The largest absolute Gasteiger partial charge is 0.396 e. The van der Waals surface area contributed by atoms with Gasteiger partial charge in [-0.1, -0.05) is 6.07 Å². The van der Waals surface area contributed by atoms with Crippen molar-refractivity contribution in [1.29, 1.82) is 0 Å². The fraction of sp³-hybridized carbons (Fsp3) is 0.542. The smallest absolute Gasteiger partial charge is 0.253 e. The number of aliphatic hydroxyl groups is 1. The monoisotopic (exact) mass is 427 g/mol. The van der Waals surface area contributed by atoms with Crippen LogP contribution in [0.5, 0.6) is 0 Å². The van der Waals surface area contributed by atoms with E-state index in [1.807, 2.05) is 28.4 Å². The van der Waals surface area contributed by atoms with E-state index >= 15 is 0 Å². The number of benzene rings is 1. The number of aliphatic hydroxyl groups excluding tert-OH is 1. The van der Waals surface area contributed by atoms with Crippen LogP contribution in [0.3, 0.4) is 0 Å². The molecule has 0 spiro atoms. The van der Waals surface area contributed by atoms with Crippen molar-refractivity contribution in [3.63, 3.8) is 0 Å². The first kappa shape index (κ1) is 21.3. The van der Waals surface area contributed by atoms with Crippen LogP contribution in [0.1, 0.15) is 40.9 Å². The van der Waals surface area contributed by atoms with Gasteiger partial charge in [-0.05, 0) is 73.7 Å². The average molecular weight is 428 g/mol. The Bertz CT molecular complexity index is 785. The summed E-state index contributed by atoms with van der Waals surface area (Å²) in [5.74, 6) is 0.315. The highest BCUT2D eigenvalue weighted by Crippen LogP contribution is 2.23. The van der Waals surface area contributed by atoms with Crippen LogP contribution in [0, 0.1) is 5.92 Å². The molecule has 0 unspecified atom stereocenters. The fourth-order valence-corrected chi connectivity index (χ4v) is 5.30. The van der Waals surface area contributed by atoms with Crippen molar-refractivity contribution in [2.24, 2.45) is 5.92 Å². The predicted molar refractivity (Wildman–Crippen MR) is 123 cm³/mol. The fourth-order valence-electron chi connectivity index (χ4n) is 4.59. The lowest BCUT2D eigenvalue weighted by molar-refractivity contribution is 0.0620. The molecule has 0 bridgehead atoms. The molecule has 1 amide bonds. The molecule has 0 radical (unpaired) electrons. The maximum atomic E-state index is 12.8. The highest BCUT2D eigenvalue weighted by atomic mass is 32.1. The van der Waals surface area contributed by atoms with Gasteiger partial charge in [0.25, 0.3) is 5.91 Å². The van der Waals surface area contributed by atoms with E-state index in [9.17, 15) is 9.90 Å². The minimum atomic E-state index is 0.0911. The summed E-state index contributed by atoms with van der Waals surface area (Å²) in [6.07, 6.45) is 5.41. The van der Waals surface area contributed by atoms with Crippen molar-refractivity contribution in [2.45, 2.75) is 38.1 Å². The van der Waals surface area contributed by atoms with Gasteiger partial charge in [0.15, 0.2) is 0 Å². The number of hydrogen-bond donors (Lipinski definition) is 2. The van der Waals surface area contributed by atoms with Crippen LogP contribution in [0.2, 0.25) is 0 Å². The summed E-state index contributed by atoms with van der Waals surface area (Å²) in [5.41, 5.74) is 1.96. The van der Waals surface area contributed by atoms with Crippen LogP contribution >= 0.6 is 11.3 Å². The Morgan fingerprint density at radius 1 is 1.10 bits per heavy atom. The van der Waals surface area contributed by atoms with Crippen LogP contribution < -0.4 is 10.2 Å². The van der Waals surface area contributed by atoms with Gasteiger partial charge in [0.05, 0.1) is 0 Å². The Kier molecular flexibility index (Phi) is 7.42. The summed E-state index contributed by atoms with van der Waals surface area (Å²) in [7, 11) is 0. The van der Waals surface area contributed by atoms with Gasteiger partial charge in [0.2, 0.25) is 0 Å². The number of carbonyl (C=O) groups is 1. The number of hydrogen-bond acceptors (Lipinski definition) is 5. The van der Waals surface area contributed by atoms with E-state index in [0.717, 1.165) is 63.8 Å². The average Bonchev–Trinajstić information content (AvgIpc) is 3.33. The first-order valence-corrected chi connectivity index (χ1v) is 12.1. The molecule has 6 heteroatoms. The SMILES string of the molecule is O=C(c1ccc(N2CCC(NCCc3cccs3)CC2)cc1)N1CCC[C@H](CO)C1. The van der Waals surface area contributed by atoms with Gasteiger partial charge in [-0.15, -0.1) is 11.3 Å². The van der Waals surface area contributed by atoms with Crippen LogP contribution in [0.25, 0.3) is 0 Å². The number of anilines is 1. The molecule has 4 rings (SSSR count). The molecule has 2 saturated heterocycles. The van der Waals surface area contributed by atoms with E-state index in [4.69, 9.17) is 0 Å². The maximum Gasteiger partial charge on any atom is 0.253 e. The second-order valence-corrected chi connectivity index (χ2v) is 9.57. The third kappa shape index (κ3) is 5.42. The van der Waals surface area contributed by atoms with Crippen LogP contribution in [-0.2, 0) is 6.42 Å². The topological polar surface area (TPSA) is 55.8 Å². The number of nitrogens with one attached hydrogen (secondary N) is 1. The molecule has 3 heterocycles. The zero-order chi connectivity index (χ0) is 20.8. The van der Waals surface area contributed by atoms with Gasteiger partial charge < -0.3 is 20.2 Å². The van der Waals surface area contributed by atoms with Crippen molar-refractivity contribution in [3.8, 4) is 0 Å². The molecule has 0 aliphatic carbocycles. The van der Waals surface area contributed by atoms with Crippen molar-refractivity contribution in [2.75, 3.05) is 44.2 Å². The molecule has 5 nitrogen and oxygen atoms in total. The highest BCUT2D eigenvalue weighted by Gasteiger charge is 2.24. The van der Waals surface area contributed by atoms with E-state index in [2.05, 4.69) is 39.9 Å². The quantitative estimate of drug-likeness (QED) is 0.711. The van der Waals surface area contributed by atoms with Gasteiger partial charge in [-0.25, -0.2) is 0 Å². The van der Waals surface area contributed by atoms with E-state index in [0.29, 0.717) is 12.6 Å². The Morgan fingerprint density at radius 3 is 2.60 bits per heavy atom. The third-order valence-corrected chi connectivity index (χ3v) is 7.36. The molecule has 2 N–H and O–H groups in total. The lowest BCUT2D eigenvalue weighted by atomic mass is 9.98. The number of rotatable bonds is 7. The van der Waals surface area contributed by atoms with Gasteiger partial charge >= 0.3 is 0 Å². The van der Waals surface area contributed by atoms with E-state index < -0.39 is 0 Å². The number of nitrogens with zero attached hydrogens (tertiary/aromatic N) is 2. The molecular formula is C24H33N3O2S. The Labute approximate surface area is 183 Å². The molecule has 1 aromatic heterocycles. The molecule has 2 aliphatic heterocycles. The molecule has 1 aromatic carbocycles. The lowest BCUT2D eigenvalue weighted by Gasteiger charge is -2.34. The van der Waals surface area contributed by atoms with Crippen molar-refractivity contribution >= 4 is 22.9 Å². The van der Waals surface area contributed by atoms with Gasteiger partial charge in [-0.2, -0.15) is 0 Å². The maximum absolute atomic E-state index is 12.8. The molecule has 2 fully saturated rings. The van der Waals surface area contributed by atoms with Gasteiger partial charge in [0.1, 0.15) is 0 Å². The number of piperidine rings is 2. The minimum Gasteiger partial charge on any atom is -0.396 e. The highest BCUT2D eigenvalue weighted by molar-refractivity contribution is 7.09. The summed E-state index contributed by atoms with van der Waals surface area (Å²) < 4.78 is 0. The van der Waals surface area contributed by atoms with Gasteiger partial charge in [-0.3, -0.25) is 4.79 Å². The first-order chi connectivity index (χ1) is 14.7. The second kappa shape index (κ2) is 10.4.